The first-order valence-corrected chi connectivity index (χ1v) is 12.5. The summed E-state index contributed by atoms with van der Waals surface area (Å²) in [6, 6.07) is 1.59. The van der Waals surface area contributed by atoms with Crippen molar-refractivity contribution < 1.29 is 17.7 Å². The molecule has 0 bridgehead atoms. The van der Waals surface area contributed by atoms with E-state index in [-0.39, 0.29) is 35.1 Å². The Morgan fingerprint density at radius 1 is 1.29 bits per heavy atom. The number of nitrogens with zero attached hydrogens (tertiary/aromatic N) is 4. The molecule has 1 aliphatic carbocycles. The Labute approximate surface area is 203 Å². The van der Waals surface area contributed by atoms with Crippen molar-refractivity contribution in [3.8, 4) is 0 Å². The topological polar surface area (TPSA) is 100 Å². The van der Waals surface area contributed by atoms with Crippen molar-refractivity contribution in [2.45, 2.75) is 44.8 Å². The van der Waals surface area contributed by atoms with Gasteiger partial charge in [-0.25, -0.2) is 8.42 Å². The Morgan fingerprint density at radius 3 is 2.58 bits per heavy atom. The zero-order chi connectivity index (χ0) is 21.5. The van der Waals surface area contributed by atoms with Crippen molar-refractivity contribution in [3.05, 3.63) is 18.0 Å². The van der Waals surface area contributed by atoms with Crippen molar-refractivity contribution in [2.24, 2.45) is 10.4 Å². The molecule has 2 aliphatic rings. The molecule has 0 atom stereocenters. The molecular weight excluding hydrogens is 533 g/mol. The summed E-state index contributed by atoms with van der Waals surface area (Å²) in [7, 11) is -1.65. The van der Waals surface area contributed by atoms with Crippen molar-refractivity contribution in [2.75, 3.05) is 53.0 Å². The van der Waals surface area contributed by atoms with Crippen LogP contribution >= 0.6 is 24.0 Å². The predicted molar refractivity (Wildman–Crippen MR) is 131 cm³/mol. The smallest absolute Gasteiger partial charge is 0.220 e. The van der Waals surface area contributed by atoms with E-state index in [1.165, 1.54) is 31.9 Å². The average Bonchev–Trinajstić information content (AvgIpc) is 3.42. The number of hydrogen-bond acceptors (Lipinski definition) is 6. The molecule has 1 aromatic rings. The van der Waals surface area contributed by atoms with Gasteiger partial charge in [-0.05, 0) is 31.6 Å². The molecule has 1 saturated heterocycles. The molecule has 0 aromatic carbocycles. The minimum Gasteiger partial charge on any atom is -0.385 e. The highest BCUT2D eigenvalue weighted by Crippen LogP contribution is 2.41. The van der Waals surface area contributed by atoms with Crippen molar-refractivity contribution in [3.63, 3.8) is 0 Å². The fourth-order valence-electron chi connectivity index (χ4n) is 4.37. The van der Waals surface area contributed by atoms with E-state index in [1.807, 2.05) is 0 Å². The minimum atomic E-state index is -3.40. The minimum absolute atomic E-state index is 0. The average molecular weight is 570 g/mol. The first-order chi connectivity index (χ1) is 14.5. The lowest BCUT2D eigenvalue weighted by atomic mass is 9.83. The van der Waals surface area contributed by atoms with E-state index in [4.69, 9.17) is 14.3 Å². The van der Waals surface area contributed by atoms with Gasteiger partial charge in [-0.15, -0.1) is 24.0 Å². The van der Waals surface area contributed by atoms with Crippen LogP contribution in [0.25, 0.3) is 0 Å². The third-order valence-corrected chi connectivity index (χ3v) is 7.97. The number of aliphatic imine (C=N–C) groups is 1. The number of halogens is 1. The molecule has 0 radical (unpaired) electrons. The molecule has 2 fully saturated rings. The van der Waals surface area contributed by atoms with Gasteiger partial charge in [-0.2, -0.15) is 4.31 Å². The normalized spacial score (nSPS) is 19.9. The van der Waals surface area contributed by atoms with E-state index in [2.05, 4.69) is 22.3 Å². The van der Waals surface area contributed by atoms with Gasteiger partial charge in [0.1, 0.15) is 12.0 Å². The van der Waals surface area contributed by atoms with Gasteiger partial charge in [-0.1, -0.05) is 18.0 Å². The summed E-state index contributed by atoms with van der Waals surface area (Å²) in [5.74, 6) is 0.759. The van der Waals surface area contributed by atoms with Gasteiger partial charge in [0, 0.05) is 59.1 Å². The fraction of sp³-hybridized carbons (Fsp3) is 0.800. The van der Waals surface area contributed by atoms with Gasteiger partial charge in [0.05, 0.1) is 5.69 Å². The summed E-state index contributed by atoms with van der Waals surface area (Å²) in [5.41, 5.74) is 0.671. The molecule has 9 nitrogen and oxygen atoms in total. The molecule has 1 aromatic heterocycles. The van der Waals surface area contributed by atoms with Crippen LogP contribution in [0, 0.1) is 5.41 Å². The number of nitrogens with one attached hydrogen (secondary N) is 1. The summed E-state index contributed by atoms with van der Waals surface area (Å²) in [6.45, 7) is 6.54. The molecule has 11 heteroatoms. The zero-order valence-corrected chi connectivity index (χ0v) is 21.7. The fourth-order valence-corrected chi connectivity index (χ4v) is 5.79. The van der Waals surface area contributed by atoms with E-state index in [1.54, 1.807) is 17.5 Å². The van der Waals surface area contributed by atoms with E-state index >= 15 is 0 Å². The maximum atomic E-state index is 12.7. The van der Waals surface area contributed by atoms with E-state index in [9.17, 15) is 8.42 Å². The molecule has 1 saturated carbocycles. The molecular formula is C20H36IN5O4S. The number of sulfonamides is 1. The molecule has 0 amide bonds. The van der Waals surface area contributed by atoms with Crippen molar-refractivity contribution in [1.82, 2.24) is 19.7 Å². The second-order valence-electron chi connectivity index (χ2n) is 8.25. The number of hydrogen-bond donors (Lipinski definition) is 1. The predicted octanol–water partition coefficient (Wildman–Crippen LogP) is 2.30. The molecule has 3 rings (SSSR count). The van der Waals surface area contributed by atoms with Crippen LogP contribution in [-0.4, -0.2) is 81.7 Å². The van der Waals surface area contributed by atoms with Crippen LogP contribution in [0.3, 0.4) is 0 Å². The van der Waals surface area contributed by atoms with Gasteiger partial charge >= 0.3 is 0 Å². The zero-order valence-electron chi connectivity index (χ0n) is 18.6. The van der Waals surface area contributed by atoms with Crippen molar-refractivity contribution >= 4 is 40.0 Å². The van der Waals surface area contributed by atoms with E-state index < -0.39 is 10.0 Å². The first kappa shape index (κ1) is 26.3. The molecule has 2 heterocycles. The molecule has 0 unspecified atom stereocenters. The standard InChI is InChI=1S/C20H35N5O4S.HI/c1-3-21-19(22-17-20(9-15-28-2)7-4-5-8-20)24-10-12-25(13-11-24)30(26,27)16-18-6-14-29-23-18;/h6,14H,3-5,7-13,15-17H2,1-2H3,(H,21,22);1H. The summed E-state index contributed by atoms with van der Waals surface area (Å²) in [5, 5.41) is 7.12. The molecule has 1 aliphatic heterocycles. The summed E-state index contributed by atoms with van der Waals surface area (Å²) >= 11 is 0. The Morgan fingerprint density at radius 2 is 2.00 bits per heavy atom. The van der Waals surface area contributed by atoms with Crippen molar-refractivity contribution in [1.29, 1.82) is 0 Å². The SMILES string of the molecule is CCNC(=NCC1(CCOC)CCCC1)N1CCN(S(=O)(=O)Cc2ccon2)CC1.I. The molecule has 178 valence electrons. The van der Waals surface area contributed by atoms with E-state index in [0.29, 0.717) is 31.9 Å². The largest absolute Gasteiger partial charge is 0.385 e. The van der Waals surface area contributed by atoms with Crippen LogP contribution in [0.5, 0.6) is 0 Å². The van der Waals surface area contributed by atoms with Crippen LogP contribution in [0.4, 0.5) is 0 Å². The van der Waals surface area contributed by atoms with E-state index in [0.717, 1.165) is 32.1 Å². The van der Waals surface area contributed by atoms with Gasteiger partial charge < -0.3 is 19.5 Å². The third kappa shape index (κ3) is 7.29. The summed E-state index contributed by atoms with van der Waals surface area (Å²) < 4.78 is 37.0. The van der Waals surface area contributed by atoms with Crippen LogP contribution in [0.15, 0.2) is 21.8 Å². The van der Waals surface area contributed by atoms with Gasteiger partial charge in [0.2, 0.25) is 10.0 Å². The lowest BCUT2D eigenvalue weighted by Gasteiger charge is -2.36. The number of piperazine rings is 1. The van der Waals surface area contributed by atoms with Gasteiger partial charge in [0.25, 0.3) is 0 Å². The maximum Gasteiger partial charge on any atom is 0.220 e. The quantitative estimate of drug-likeness (QED) is 0.277. The molecule has 31 heavy (non-hydrogen) atoms. The summed E-state index contributed by atoms with van der Waals surface area (Å²) in [6.07, 6.45) is 7.36. The highest BCUT2D eigenvalue weighted by atomic mass is 127. The Kier molecular flexibility index (Phi) is 10.5. The lowest BCUT2D eigenvalue weighted by Crippen LogP contribution is -2.54. The highest BCUT2D eigenvalue weighted by molar-refractivity contribution is 14.0. The molecule has 1 N–H and O–H groups in total. The number of aromatic nitrogens is 1. The van der Waals surface area contributed by atoms with Crippen LogP contribution < -0.4 is 5.32 Å². The van der Waals surface area contributed by atoms with Gasteiger partial charge in [-0.3, -0.25) is 4.99 Å². The highest BCUT2D eigenvalue weighted by Gasteiger charge is 2.34. The second kappa shape index (κ2) is 12.4. The number of ether oxygens (including phenoxy) is 1. The number of guanidine groups is 1. The van der Waals surface area contributed by atoms with Crippen LogP contribution in [0.2, 0.25) is 0 Å². The maximum absolute atomic E-state index is 12.7. The van der Waals surface area contributed by atoms with Gasteiger partial charge in [0.15, 0.2) is 5.96 Å². The number of methoxy groups -OCH3 is 1. The van der Waals surface area contributed by atoms with Crippen LogP contribution in [0.1, 0.15) is 44.7 Å². The monoisotopic (exact) mass is 569 g/mol. The number of rotatable bonds is 9. The second-order valence-corrected chi connectivity index (χ2v) is 10.2. The Bertz CT molecular complexity index is 774. The third-order valence-electron chi connectivity index (χ3n) is 6.15. The summed E-state index contributed by atoms with van der Waals surface area (Å²) in [4.78, 5) is 7.15. The lowest BCUT2D eigenvalue weighted by molar-refractivity contribution is 0.141. The molecule has 0 spiro atoms. The Hall–Kier alpha value is -0.920. The van der Waals surface area contributed by atoms with Crippen LogP contribution in [-0.2, 0) is 20.5 Å². The first-order valence-electron chi connectivity index (χ1n) is 10.9. The Balaban J connectivity index is 0.00000341.